The van der Waals surface area contributed by atoms with Gasteiger partial charge in [-0.15, -0.1) is 0 Å². The van der Waals surface area contributed by atoms with Crippen LogP contribution in [0.25, 0.3) is 0 Å². The molecular formula is C11H11BrN4O. The Labute approximate surface area is 107 Å². The van der Waals surface area contributed by atoms with Gasteiger partial charge in [-0.3, -0.25) is 14.5 Å². The van der Waals surface area contributed by atoms with E-state index in [0.29, 0.717) is 12.1 Å². The van der Waals surface area contributed by atoms with Crippen molar-refractivity contribution in [1.82, 2.24) is 20.1 Å². The summed E-state index contributed by atoms with van der Waals surface area (Å²) in [6.07, 6.45) is 5.00. The van der Waals surface area contributed by atoms with Gasteiger partial charge < -0.3 is 5.32 Å². The third-order valence-electron chi connectivity index (χ3n) is 2.17. The number of halogens is 1. The maximum absolute atomic E-state index is 11.8. The van der Waals surface area contributed by atoms with Gasteiger partial charge in [0, 0.05) is 30.1 Å². The highest BCUT2D eigenvalue weighted by atomic mass is 79.9. The summed E-state index contributed by atoms with van der Waals surface area (Å²) in [7, 11) is 1.84. The van der Waals surface area contributed by atoms with Gasteiger partial charge in [0.1, 0.15) is 0 Å². The van der Waals surface area contributed by atoms with Gasteiger partial charge >= 0.3 is 0 Å². The molecule has 17 heavy (non-hydrogen) atoms. The number of rotatable bonds is 3. The van der Waals surface area contributed by atoms with E-state index in [1.165, 1.54) is 6.20 Å². The second-order valence-electron chi connectivity index (χ2n) is 3.56. The Hall–Kier alpha value is -1.69. The van der Waals surface area contributed by atoms with Crippen molar-refractivity contribution in [2.75, 3.05) is 0 Å². The van der Waals surface area contributed by atoms with E-state index in [9.17, 15) is 4.79 Å². The molecule has 5 nitrogen and oxygen atoms in total. The lowest BCUT2D eigenvalue weighted by molar-refractivity contribution is 0.0950. The largest absolute Gasteiger partial charge is 0.346 e. The molecule has 1 N–H and O–H groups in total. The monoisotopic (exact) mass is 294 g/mol. The van der Waals surface area contributed by atoms with Crippen molar-refractivity contribution in [3.8, 4) is 0 Å². The molecule has 0 bridgehead atoms. The highest BCUT2D eigenvalue weighted by molar-refractivity contribution is 9.10. The van der Waals surface area contributed by atoms with E-state index in [-0.39, 0.29) is 5.91 Å². The number of nitrogens with one attached hydrogen (secondary N) is 1. The van der Waals surface area contributed by atoms with E-state index in [4.69, 9.17) is 0 Å². The van der Waals surface area contributed by atoms with Crippen LogP contribution in [0.15, 0.2) is 35.2 Å². The number of aryl methyl sites for hydroxylation is 1. The van der Waals surface area contributed by atoms with Crippen LogP contribution in [0.3, 0.4) is 0 Å². The van der Waals surface area contributed by atoms with Crippen LogP contribution in [-0.2, 0) is 13.6 Å². The third-order valence-corrected chi connectivity index (χ3v) is 2.60. The summed E-state index contributed by atoms with van der Waals surface area (Å²) < 4.78 is 2.48. The molecule has 2 aromatic rings. The highest BCUT2D eigenvalue weighted by Crippen LogP contribution is 2.09. The number of nitrogens with zero attached hydrogens (tertiary/aromatic N) is 3. The number of hydrogen-bond donors (Lipinski definition) is 1. The van der Waals surface area contributed by atoms with Gasteiger partial charge in [-0.1, -0.05) is 0 Å². The second kappa shape index (κ2) is 5.09. The zero-order valence-electron chi connectivity index (χ0n) is 9.22. The number of aromatic nitrogens is 3. The summed E-state index contributed by atoms with van der Waals surface area (Å²) in [5.41, 5.74) is 1.35. The molecule has 0 aliphatic carbocycles. The topological polar surface area (TPSA) is 59.8 Å². The van der Waals surface area contributed by atoms with Gasteiger partial charge in [0.15, 0.2) is 0 Å². The van der Waals surface area contributed by atoms with E-state index in [0.717, 1.165) is 10.2 Å². The smallest absolute Gasteiger partial charge is 0.253 e. The highest BCUT2D eigenvalue weighted by Gasteiger charge is 2.06. The van der Waals surface area contributed by atoms with E-state index < -0.39 is 0 Å². The van der Waals surface area contributed by atoms with Crippen LogP contribution < -0.4 is 5.32 Å². The van der Waals surface area contributed by atoms with Gasteiger partial charge in [-0.2, -0.15) is 5.10 Å². The predicted molar refractivity (Wildman–Crippen MR) is 66.3 cm³/mol. The lowest BCUT2D eigenvalue weighted by Crippen LogP contribution is -2.23. The van der Waals surface area contributed by atoms with E-state index >= 15 is 0 Å². The fourth-order valence-electron chi connectivity index (χ4n) is 1.37. The van der Waals surface area contributed by atoms with Crippen LogP contribution in [0.5, 0.6) is 0 Å². The Bertz CT molecular complexity index is 538. The van der Waals surface area contributed by atoms with Crippen molar-refractivity contribution in [2.45, 2.75) is 6.54 Å². The number of carbonyl (C=O) groups is 1. The van der Waals surface area contributed by atoms with Crippen LogP contribution in [0, 0.1) is 0 Å². The zero-order chi connectivity index (χ0) is 12.3. The molecular weight excluding hydrogens is 284 g/mol. The van der Waals surface area contributed by atoms with Crippen LogP contribution in [0.2, 0.25) is 0 Å². The average molecular weight is 295 g/mol. The van der Waals surface area contributed by atoms with Crippen molar-refractivity contribution in [3.05, 3.63) is 46.5 Å². The first-order valence-electron chi connectivity index (χ1n) is 5.02. The first-order chi connectivity index (χ1) is 8.15. The molecule has 2 heterocycles. The lowest BCUT2D eigenvalue weighted by Gasteiger charge is -2.03. The maximum atomic E-state index is 11.8. The summed E-state index contributed by atoms with van der Waals surface area (Å²) in [5, 5.41) is 6.95. The molecule has 0 aromatic carbocycles. The molecule has 0 unspecified atom stereocenters. The molecule has 2 rings (SSSR count). The SMILES string of the molecule is Cn1ccc(CNC(=O)c2cncc(Br)c2)n1. The normalized spacial score (nSPS) is 10.2. The number of hydrogen-bond acceptors (Lipinski definition) is 3. The quantitative estimate of drug-likeness (QED) is 0.933. The minimum Gasteiger partial charge on any atom is -0.346 e. The summed E-state index contributed by atoms with van der Waals surface area (Å²) >= 11 is 3.27. The van der Waals surface area contributed by atoms with E-state index in [1.807, 2.05) is 19.3 Å². The van der Waals surface area contributed by atoms with Crippen LogP contribution in [0.1, 0.15) is 16.1 Å². The summed E-state index contributed by atoms with van der Waals surface area (Å²) in [6.45, 7) is 0.409. The first kappa shape index (κ1) is 11.8. The summed E-state index contributed by atoms with van der Waals surface area (Å²) in [6, 6.07) is 3.58. The Morgan fingerprint density at radius 3 is 3.00 bits per heavy atom. The molecule has 0 saturated heterocycles. The van der Waals surface area contributed by atoms with Gasteiger partial charge in [-0.05, 0) is 28.1 Å². The molecule has 0 aliphatic rings. The van der Waals surface area contributed by atoms with Crippen molar-refractivity contribution in [1.29, 1.82) is 0 Å². The van der Waals surface area contributed by atoms with Crippen molar-refractivity contribution in [2.24, 2.45) is 7.05 Å². The average Bonchev–Trinajstić information content (AvgIpc) is 2.72. The molecule has 88 valence electrons. The fraction of sp³-hybridized carbons (Fsp3) is 0.182. The van der Waals surface area contributed by atoms with Crippen molar-refractivity contribution in [3.63, 3.8) is 0 Å². The Morgan fingerprint density at radius 1 is 1.53 bits per heavy atom. The Kier molecular flexibility index (Phi) is 3.53. The molecule has 0 saturated carbocycles. The van der Waals surface area contributed by atoms with Crippen LogP contribution in [0.4, 0.5) is 0 Å². The Morgan fingerprint density at radius 2 is 2.35 bits per heavy atom. The van der Waals surface area contributed by atoms with Crippen molar-refractivity contribution >= 4 is 21.8 Å². The maximum Gasteiger partial charge on any atom is 0.253 e. The minimum absolute atomic E-state index is 0.163. The molecule has 1 amide bonds. The molecule has 0 fully saturated rings. The summed E-state index contributed by atoms with van der Waals surface area (Å²) in [5.74, 6) is -0.163. The molecule has 0 spiro atoms. The second-order valence-corrected chi connectivity index (χ2v) is 4.47. The van der Waals surface area contributed by atoms with Crippen LogP contribution in [-0.4, -0.2) is 20.7 Å². The van der Waals surface area contributed by atoms with Gasteiger partial charge in [0.05, 0.1) is 17.8 Å². The predicted octanol–water partition coefficient (Wildman–Crippen LogP) is 1.51. The molecule has 0 radical (unpaired) electrons. The van der Waals surface area contributed by atoms with Gasteiger partial charge in [-0.25, -0.2) is 0 Å². The lowest BCUT2D eigenvalue weighted by atomic mass is 10.2. The third kappa shape index (κ3) is 3.13. The molecule has 2 aromatic heterocycles. The van der Waals surface area contributed by atoms with Crippen LogP contribution >= 0.6 is 15.9 Å². The van der Waals surface area contributed by atoms with E-state index in [1.54, 1.807) is 16.9 Å². The van der Waals surface area contributed by atoms with E-state index in [2.05, 4.69) is 31.3 Å². The molecule has 6 heteroatoms. The number of pyridine rings is 1. The standard InChI is InChI=1S/C11H11BrN4O/c1-16-3-2-10(15-16)7-14-11(17)8-4-9(12)6-13-5-8/h2-6H,7H2,1H3,(H,14,17). The zero-order valence-corrected chi connectivity index (χ0v) is 10.8. The van der Waals surface area contributed by atoms with Gasteiger partial charge in [0.25, 0.3) is 5.91 Å². The number of carbonyl (C=O) groups excluding carboxylic acids is 1. The Balaban J connectivity index is 1.98. The number of amides is 1. The molecule has 0 atom stereocenters. The van der Waals surface area contributed by atoms with Gasteiger partial charge in [0.2, 0.25) is 0 Å². The summed E-state index contributed by atoms with van der Waals surface area (Å²) in [4.78, 5) is 15.7. The fourth-order valence-corrected chi connectivity index (χ4v) is 1.73. The first-order valence-corrected chi connectivity index (χ1v) is 5.82. The van der Waals surface area contributed by atoms with Crippen molar-refractivity contribution < 1.29 is 4.79 Å². The molecule has 0 aliphatic heterocycles. The minimum atomic E-state index is -0.163.